The van der Waals surface area contributed by atoms with Gasteiger partial charge in [-0.1, -0.05) is 23.7 Å². The zero-order valence-corrected chi connectivity index (χ0v) is 10.1. The number of aliphatic hydroxyl groups is 1. The van der Waals surface area contributed by atoms with Crippen LogP contribution in [-0.4, -0.2) is 9.67 Å². The molecule has 2 rings (SSSR count). The molecule has 0 spiro atoms. The predicted molar refractivity (Wildman–Crippen MR) is 65.7 cm³/mol. The Kier molecular flexibility index (Phi) is 3.03. The van der Waals surface area contributed by atoms with Crippen LogP contribution in [0.1, 0.15) is 22.9 Å². The lowest BCUT2D eigenvalue weighted by Crippen LogP contribution is -2.05. The SMILES string of the molecule is Cc1cc(C(O)c2cccn2C)ccc1Cl. The summed E-state index contributed by atoms with van der Waals surface area (Å²) < 4.78 is 1.91. The molecule has 0 fully saturated rings. The fourth-order valence-electron chi connectivity index (χ4n) is 1.77. The molecule has 2 nitrogen and oxygen atoms in total. The summed E-state index contributed by atoms with van der Waals surface area (Å²) in [7, 11) is 1.92. The van der Waals surface area contributed by atoms with Gasteiger partial charge in [0.05, 0.1) is 5.69 Å². The van der Waals surface area contributed by atoms with Gasteiger partial charge >= 0.3 is 0 Å². The number of aryl methyl sites for hydroxylation is 2. The van der Waals surface area contributed by atoms with Crippen LogP contribution in [-0.2, 0) is 7.05 Å². The summed E-state index contributed by atoms with van der Waals surface area (Å²) in [6.07, 6.45) is 1.32. The monoisotopic (exact) mass is 235 g/mol. The van der Waals surface area contributed by atoms with Crippen molar-refractivity contribution < 1.29 is 5.11 Å². The number of aliphatic hydroxyl groups excluding tert-OH is 1. The van der Waals surface area contributed by atoms with Gasteiger partial charge in [0.15, 0.2) is 0 Å². The van der Waals surface area contributed by atoms with Crippen LogP contribution in [0.5, 0.6) is 0 Å². The van der Waals surface area contributed by atoms with Crippen molar-refractivity contribution in [1.29, 1.82) is 0 Å². The van der Waals surface area contributed by atoms with E-state index in [0.29, 0.717) is 0 Å². The minimum Gasteiger partial charge on any atom is -0.382 e. The lowest BCUT2D eigenvalue weighted by Gasteiger charge is -2.13. The molecule has 84 valence electrons. The van der Waals surface area contributed by atoms with E-state index < -0.39 is 6.10 Å². The number of halogens is 1. The third-order valence-corrected chi connectivity index (χ3v) is 3.19. The fourth-order valence-corrected chi connectivity index (χ4v) is 1.88. The Morgan fingerprint density at radius 1 is 1.31 bits per heavy atom. The first-order valence-electron chi connectivity index (χ1n) is 5.15. The highest BCUT2D eigenvalue weighted by Crippen LogP contribution is 2.25. The van der Waals surface area contributed by atoms with Crippen LogP contribution in [0.3, 0.4) is 0 Å². The van der Waals surface area contributed by atoms with E-state index in [0.717, 1.165) is 21.8 Å². The molecule has 16 heavy (non-hydrogen) atoms. The van der Waals surface area contributed by atoms with E-state index in [1.54, 1.807) is 0 Å². The molecule has 0 saturated carbocycles. The summed E-state index contributed by atoms with van der Waals surface area (Å²) in [5.74, 6) is 0. The van der Waals surface area contributed by atoms with Crippen LogP contribution in [0.2, 0.25) is 5.02 Å². The van der Waals surface area contributed by atoms with Gasteiger partial charge in [-0.25, -0.2) is 0 Å². The maximum atomic E-state index is 10.2. The highest BCUT2D eigenvalue weighted by molar-refractivity contribution is 6.31. The van der Waals surface area contributed by atoms with Crippen LogP contribution in [0.15, 0.2) is 36.5 Å². The van der Waals surface area contributed by atoms with Crippen LogP contribution < -0.4 is 0 Å². The van der Waals surface area contributed by atoms with Gasteiger partial charge in [0, 0.05) is 18.3 Å². The molecule has 1 aromatic carbocycles. The van der Waals surface area contributed by atoms with E-state index >= 15 is 0 Å². The van der Waals surface area contributed by atoms with E-state index in [-0.39, 0.29) is 0 Å². The minimum absolute atomic E-state index is 0.601. The molecule has 1 heterocycles. The molecule has 0 bridgehead atoms. The van der Waals surface area contributed by atoms with Gasteiger partial charge in [-0.2, -0.15) is 0 Å². The molecule has 2 aromatic rings. The second kappa shape index (κ2) is 4.32. The molecule has 1 N–H and O–H groups in total. The van der Waals surface area contributed by atoms with Gasteiger partial charge in [-0.05, 0) is 36.2 Å². The number of hydrogen-bond acceptors (Lipinski definition) is 1. The largest absolute Gasteiger partial charge is 0.382 e. The number of rotatable bonds is 2. The second-order valence-electron chi connectivity index (χ2n) is 3.96. The predicted octanol–water partition coefficient (Wildman–Crippen LogP) is 3.07. The van der Waals surface area contributed by atoms with Gasteiger partial charge in [-0.3, -0.25) is 0 Å². The molecule has 0 amide bonds. The van der Waals surface area contributed by atoms with Crippen LogP contribution in [0.4, 0.5) is 0 Å². The molecular weight excluding hydrogens is 222 g/mol. The Labute approximate surface area is 100 Å². The second-order valence-corrected chi connectivity index (χ2v) is 4.36. The smallest absolute Gasteiger partial charge is 0.119 e. The van der Waals surface area contributed by atoms with Crippen molar-refractivity contribution in [3.63, 3.8) is 0 Å². The average Bonchev–Trinajstić information content (AvgIpc) is 2.67. The standard InChI is InChI=1S/C13H14ClNO/c1-9-8-10(5-6-11(9)14)13(16)12-4-3-7-15(12)2/h3-8,13,16H,1-2H3. The quantitative estimate of drug-likeness (QED) is 0.850. The molecule has 3 heteroatoms. The molecule has 0 aliphatic carbocycles. The lowest BCUT2D eigenvalue weighted by atomic mass is 10.0. The van der Waals surface area contributed by atoms with Gasteiger partial charge in [0.2, 0.25) is 0 Å². The molecule has 1 aromatic heterocycles. The van der Waals surface area contributed by atoms with E-state index in [4.69, 9.17) is 11.6 Å². The molecule has 0 aliphatic heterocycles. The third kappa shape index (κ3) is 1.99. The zero-order valence-electron chi connectivity index (χ0n) is 9.31. The Bertz CT molecular complexity index is 504. The van der Waals surface area contributed by atoms with E-state index in [9.17, 15) is 5.11 Å². The Hall–Kier alpha value is -1.25. The topological polar surface area (TPSA) is 25.2 Å². The number of benzene rings is 1. The molecule has 0 radical (unpaired) electrons. The molecule has 0 aliphatic rings. The number of hydrogen-bond donors (Lipinski definition) is 1. The molecule has 0 saturated heterocycles. The normalized spacial score (nSPS) is 12.8. The van der Waals surface area contributed by atoms with Gasteiger partial charge < -0.3 is 9.67 Å². The summed E-state index contributed by atoms with van der Waals surface area (Å²) in [6, 6.07) is 9.42. The van der Waals surface area contributed by atoms with E-state index in [2.05, 4.69) is 0 Å². The fraction of sp³-hybridized carbons (Fsp3) is 0.231. The highest BCUT2D eigenvalue weighted by Gasteiger charge is 2.13. The van der Waals surface area contributed by atoms with Crippen LogP contribution in [0.25, 0.3) is 0 Å². The average molecular weight is 236 g/mol. The minimum atomic E-state index is -0.601. The zero-order chi connectivity index (χ0) is 11.7. The van der Waals surface area contributed by atoms with Gasteiger partial charge in [0.1, 0.15) is 6.10 Å². The number of aromatic nitrogens is 1. The Balaban J connectivity index is 2.38. The van der Waals surface area contributed by atoms with Crippen molar-refractivity contribution in [1.82, 2.24) is 4.57 Å². The van der Waals surface area contributed by atoms with Gasteiger partial charge in [-0.15, -0.1) is 0 Å². The van der Waals surface area contributed by atoms with Crippen molar-refractivity contribution in [3.8, 4) is 0 Å². The van der Waals surface area contributed by atoms with Crippen LogP contribution in [0, 0.1) is 6.92 Å². The summed E-state index contributed by atoms with van der Waals surface area (Å²) in [5, 5.41) is 10.9. The molecule has 1 unspecified atom stereocenters. The first kappa shape index (κ1) is 11.2. The van der Waals surface area contributed by atoms with Gasteiger partial charge in [0.25, 0.3) is 0 Å². The van der Waals surface area contributed by atoms with Crippen molar-refractivity contribution >= 4 is 11.6 Å². The molecular formula is C13H14ClNO. The van der Waals surface area contributed by atoms with Crippen LogP contribution >= 0.6 is 11.6 Å². The lowest BCUT2D eigenvalue weighted by molar-refractivity contribution is 0.211. The van der Waals surface area contributed by atoms with Crippen molar-refractivity contribution in [3.05, 3.63) is 58.4 Å². The first-order chi connectivity index (χ1) is 7.59. The summed E-state index contributed by atoms with van der Waals surface area (Å²) in [6.45, 7) is 1.93. The highest BCUT2D eigenvalue weighted by atomic mass is 35.5. The maximum absolute atomic E-state index is 10.2. The van der Waals surface area contributed by atoms with Crippen molar-refractivity contribution in [2.24, 2.45) is 7.05 Å². The summed E-state index contributed by atoms with van der Waals surface area (Å²) in [4.78, 5) is 0. The van der Waals surface area contributed by atoms with E-state index in [1.807, 2.05) is 55.1 Å². The Morgan fingerprint density at radius 3 is 2.62 bits per heavy atom. The molecule has 1 atom stereocenters. The first-order valence-corrected chi connectivity index (χ1v) is 5.52. The third-order valence-electron chi connectivity index (χ3n) is 2.76. The Morgan fingerprint density at radius 2 is 2.06 bits per heavy atom. The van der Waals surface area contributed by atoms with Crippen molar-refractivity contribution in [2.75, 3.05) is 0 Å². The van der Waals surface area contributed by atoms with Crippen molar-refractivity contribution in [2.45, 2.75) is 13.0 Å². The summed E-state index contributed by atoms with van der Waals surface area (Å²) >= 11 is 5.95. The maximum Gasteiger partial charge on any atom is 0.119 e. The van der Waals surface area contributed by atoms with E-state index in [1.165, 1.54) is 0 Å². The summed E-state index contributed by atoms with van der Waals surface area (Å²) in [5.41, 5.74) is 2.72. The number of nitrogens with zero attached hydrogens (tertiary/aromatic N) is 1.